The van der Waals surface area contributed by atoms with Crippen LogP contribution >= 0.6 is 0 Å². The summed E-state index contributed by atoms with van der Waals surface area (Å²) in [6, 6.07) is 16.2. The smallest absolute Gasteiger partial charge is 0.243 e. The normalized spacial score (nSPS) is 11.0. The summed E-state index contributed by atoms with van der Waals surface area (Å²) in [6.07, 6.45) is 1.07. The molecule has 2 rings (SSSR count). The highest BCUT2D eigenvalue weighted by atomic mass is 32.2. The van der Waals surface area contributed by atoms with Gasteiger partial charge in [-0.3, -0.25) is 9.10 Å². The van der Waals surface area contributed by atoms with Crippen molar-refractivity contribution in [3.8, 4) is 5.75 Å². The Labute approximate surface area is 148 Å². The molecule has 134 valence electrons. The van der Waals surface area contributed by atoms with E-state index in [0.717, 1.165) is 16.1 Å². The third-order valence-corrected chi connectivity index (χ3v) is 4.85. The summed E-state index contributed by atoms with van der Waals surface area (Å²) in [4.78, 5) is 14.1. The van der Waals surface area contributed by atoms with Gasteiger partial charge in [0.2, 0.25) is 15.9 Å². The average molecular weight is 362 g/mol. The number of rotatable bonds is 7. The zero-order chi connectivity index (χ0) is 18.4. The van der Waals surface area contributed by atoms with Gasteiger partial charge in [0, 0.05) is 13.6 Å². The number of benzene rings is 2. The van der Waals surface area contributed by atoms with Crippen molar-refractivity contribution < 1.29 is 17.9 Å². The molecule has 0 saturated carbocycles. The number of anilines is 1. The van der Waals surface area contributed by atoms with Crippen LogP contribution in [0.25, 0.3) is 0 Å². The second kappa shape index (κ2) is 8.02. The van der Waals surface area contributed by atoms with Gasteiger partial charge in [-0.25, -0.2) is 8.42 Å². The fourth-order valence-electron chi connectivity index (χ4n) is 2.41. The lowest BCUT2D eigenvalue weighted by molar-refractivity contribution is -0.128. The molecule has 2 aromatic carbocycles. The van der Waals surface area contributed by atoms with Crippen molar-refractivity contribution in [2.75, 3.05) is 31.3 Å². The van der Waals surface area contributed by atoms with E-state index in [-0.39, 0.29) is 12.5 Å². The molecule has 0 spiro atoms. The predicted molar refractivity (Wildman–Crippen MR) is 98.1 cm³/mol. The van der Waals surface area contributed by atoms with Gasteiger partial charge in [-0.15, -0.1) is 0 Å². The van der Waals surface area contributed by atoms with Crippen molar-refractivity contribution in [2.24, 2.45) is 0 Å². The predicted octanol–water partition coefficient (Wildman–Crippen LogP) is 2.12. The minimum atomic E-state index is -3.65. The molecule has 0 aromatic heterocycles. The lowest BCUT2D eigenvalue weighted by Gasteiger charge is -2.26. The van der Waals surface area contributed by atoms with Crippen LogP contribution in [0.5, 0.6) is 5.75 Å². The zero-order valence-corrected chi connectivity index (χ0v) is 15.4. The maximum absolute atomic E-state index is 12.6. The third kappa shape index (κ3) is 4.96. The number of para-hydroxylation sites is 2. The molecule has 0 radical (unpaired) electrons. The highest BCUT2D eigenvalue weighted by Gasteiger charge is 2.25. The molecule has 0 heterocycles. The molecule has 7 heteroatoms. The van der Waals surface area contributed by atoms with Crippen molar-refractivity contribution in [3.05, 3.63) is 60.2 Å². The summed E-state index contributed by atoms with van der Waals surface area (Å²) in [6.45, 7) is 0.117. The molecular formula is C18H22N2O4S. The highest BCUT2D eigenvalue weighted by molar-refractivity contribution is 7.92. The first-order chi connectivity index (χ1) is 11.8. The summed E-state index contributed by atoms with van der Waals surface area (Å²) in [7, 11) is -0.534. The number of carbonyl (C=O) groups is 1. The number of likely N-dealkylation sites (N-methyl/N-ethyl adjacent to an activating group) is 1. The monoisotopic (exact) mass is 362 g/mol. The van der Waals surface area contributed by atoms with Crippen molar-refractivity contribution in [1.29, 1.82) is 0 Å². The lowest BCUT2D eigenvalue weighted by atomic mass is 10.2. The number of hydrogen-bond acceptors (Lipinski definition) is 4. The minimum absolute atomic E-state index is 0.289. The summed E-state index contributed by atoms with van der Waals surface area (Å²) >= 11 is 0. The van der Waals surface area contributed by atoms with Gasteiger partial charge in [-0.2, -0.15) is 0 Å². The first-order valence-corrected chi connectivity index (χ1v) is 9.56. The number of carbonyl (C=O) groups excluding carboxylic acids is 1. The first-order valence-electron chi connectivity index (χ1n) is 7.71. The molecule has 0 unspecified atom stereocenters. The van der Waals surface area contributed by atoms with Crippen LogP contribution in [0.15, 0.2) is 54.6 Å². The van der Waals surface area contributed by atoms with E-state index in [2.05, 4.69) is 0 Å². The maximum Gasteiger partial charge on any atom is 0.243 e. The van der Waals surface area contributed by atoms with Gasteiger partial charge in [-0.1, -0.05) is 42.5 Å². The van der Waals surface area contributed by atoms with Crippen molar-refractivity contribution in [1.82, 2.24) is 4.90 Å². The molecule has 25 heavy (non-hydrogen) atoms. The molecule has 2 aromatic rings. The Morgan fingerprint density at radius 2 is 1.64 bits per heavy atom. The van der Waals surface area contributed by atoms with Crippen LogP contribution in [0.3, 0.4) is 0 Å². The van der Waals surface area contributed by atoms with Crippen LogP contribution in [0, 0.1) is 0 Å². The summed E-state index contributed by atoms with van der Waals surface area (Å²) in [5.74, 6) is 0.0895. The molecule has 0 fully saturated rings. The fraction of sp³-hybridized carbons (Fsp3) is 0.278. The summed E-state index contributed by atoms with van der Waals surface area (Å²) in [5, 5.41) is 0. The first kappa shape index (κ1) is 18.8. The van der Waals surface area contributed by atoms with Gasteiger partial charge in [0.1, 0.15) is 12.3 Å². The van der Waals surface area contributed by atoms with Gasteiger partial charge >= 0.3 is 0 Å². The van der Waals surface area contributed by atoms with E-state index in [1.165, 1.54) is 12.0 Å². The maximum atomic E-state index is 12.6. The zero-order valence-electron chi connectivity index (χ0n) is 14.5. The third-order valence-electron chi connectivity index (χ3n) is 3.72. The highest BCUT2D eigenvalue weighted by Crippen LogP contribution is 2.29. The standard InChI is InChI=1S/C18H22N2O4S/c1-19(13-15-9-5-4-6-10-15)18(21)14-20(25(3,22)23)16-11-7-8-12-17(16)24-2/h4-12H,13-14H2,1-3H3. The van der Waals surface area contributed by atoms with E-state index >= 15 is 0 Å². The van der Waals surface area contributed by atoms with Gasteiger partial charge in [0.05, 0.1) is 19.1 Å². The Bertz CT molecular complexity index is 822. The number of ether oxygens (including phenoxy) is 1. The molecule has 0 N–H and O–H groups in total. The van der Waals surface area contributed by atoms with E-state index < -0.39 is 10.0 Å². The van der Waals surface area contributed by atoms with Crippen LogP contribution in [-0.2, 0) is 21.4 Å². The van der Waals surface area contributed by atoms with Crippen molar-refractivity contribution in [3.63, 3.8) is 0 Å². The van der Waals surface area contributed by atoms with Crippen LogP contribution in [0.2, 0.25) is 0 Å². The topological polar surface area (TPSA) is 66.9 Å². The Morgan fingerprint density at radius 3 is 2.24 bits per heavy atom. The Balaban J connectivity index is 2.21. The molecular weight excluding hydrogens is 340 g/mol. The number of sulfonamides is 1. The number of hydrogen-bond donors (Lipinski definition) is 0. The van der Waals surface area contributed by atoms with Crippen LogP contribution in [-0.4, -0.2) is 46.2 Å². The quantitative estimate of drug-likeness (QED) is 0.757. The number of methoxy groups -OCH3 is 1. The van der Waals surface area contributed by atoms with E-state index in [0.29, 0.717) is 18.0 Å². The SMILES string of the molecule is COc1ccccc1N(CC(=O)N(C)Cc1ccccc1)S(C)(=O)=O. The van der Waals surface area contributed by atoms with Crippen LogP contribution in [0.4, 0.5) is 5.69 Å². The van der Waals surface area contributed by atoms with Gasteiger partial charge in [0.25, 0.3) is 0 Å². The minimum Gasteiger partial charge on any atom is -0.495 e. The van der Waals surface area contributed by atoms with E-state index in [9.17, 15) is 13.2 Å². The van der Waals surface area contributed by atoms with E-state index in [4.69, 9.17) is 4.74 Å². The van der Waals surface area contributed by atoms with Crippen LogP contribution in [0.1, 0.15) is 5.56 Å². The molecule has 1 amide bonds. The number of nitrogens with zero attached hydrogens (tertiary/aromatic N) is 2. The van der Waals surface area contributed by atoms with E-state index in [1.54, 1.807) is 31.3 Å². The lowest BCUT2D eigenvalue weighted by Crippen LogP contribution is -2.41. The average Bonchev–Trinajstić information content (AvgIpc) is 2.59. The summed E-state index contributed by atoms with van der Waals surface area (Å²) in [5.41, 5.74) is 1.32. The second-order valence-corrected chi connectivity index (χ2v) is 7.58. The Morgan fingerprint density at radius 1 is 1.04 bits per heavy atom. The number of amides is 1. The van der Waals surface area contributed by atoms with Crippen molar-refractivity contribution in [2.45, 2.75) is 6.54 Å². The molecule has 0 atom stereocenters. The van der Waals surface area contributed by atoms with Gasteiger partial charge < -0.3 is 9.64 Å². The largest absolute Gasteiger partial charge is 0.495 e. The van der Waals surface area contributed by atoms with Gasteiger partial charge in [0.15, 0.2) is 0 Å². The second-order valence-electron chi connectivity index (χ2n) is 5.68. The van der Waals surface area contributed by atoms with Crippen molar-refractivity contribution >= 4 is 21.6 Å². The van der Waals surface area contributed by atoms with E-state index in [1.807, 2.05) is 30.3 Å². The molecule has 6 nitrogen and oxygen atoms in total. The Kier molecular flexibility index (Phi) is 6.03. The molecule has 0 bridgehead atoms. The molecule has 0 aliphatic rings. The molecule has 0 saturated heterocycles. The van der Waals surface area contributed by atoms with Crippen LogP contribution < -0.4 is 9.04 Å². The fourth-order valence-corrected chi connectivity index (χ4v) is 3.26. The van der Waals surface area contributed by atoms with Gasteiger partial charge in [-0.05, 0) is 17.7 Å². The summed E-state index contributed by atoms with van der Waals surface area (Å²) < 4.78 is 30.7. The Hall–Kier alpha value is -2.54. The molecule has 0 aliphatic heterocycles. The molecule has 0 aliphatic carbocycles.